The van der Waals surface area contributed by atoms with Crippen molar-refractivity contribution in [2.75, 3.05) is 31.6 Å². The van der Waals surface area contributed by atoms with Crippen molar-refractivity contribution in [3.05, 3.63) is 82.0 Å². The van der Waals surface area contributed by atoms with Gasteiger partial charge in [-0.05, 0) is 42.7 Å². The number of hydrogen-bond acceptors (Lipinski definition) is 5. The van der Waals surface area contributed by atoms with Gasteiger partial charge < -0.3 is 20.3 Å². The molecule has 0 atom stereocenters. The number of carbonyl (C=O) groups excluding carboxylic acids is 2. The van der Waals surface area contributed by atoms with E-state index in [4.69, 9.17) is 4.74 Å². The summed E-state index contributed by atoms with van der Waals surface area (Å²) in [7, 11) is 0. The number of nitrogens with zero attached hydrogens (tertiary/aromatic N) is 1. The zero-order chi connectivity index (χ0) is 22.8. The molecule has 0 saturated carbocycles. The predicted molar refractivity (Wildman–Crippen MR) is 130 cm³/mol. The maximum absolute atomic E-state index is 12.9. The van der Waals surface area contributed by atoms with E-state index in [1.54, 1.807) is 30.3 Å². The molecular weight excluding hydrogens is 422 g/mol. The number of likely N-dealkylation sites (N-methyl/N-ethyl adjacent to an activating group) is 1. The van der Waals surface area contributed by atoms with E-state index in [0.29, 0.717) is 29.3 Å². The molecule has 0 fully saturated rings. The Labute approximate surface area is 193 Å². The van der Waals surface area contributed by atoms with Crippen molar-refractivity contribution in [2.45, 2.75) is 20.4 Å². The first kappa shape index (κ1) is 23.5. The number of para-hydroxylation sites is 2. The minimum Gasteiger partial charge on any atom is -0.492 e. The lowest BCUT2D eigenvalue weighted by atomic mass is 10.1. The molecule has 0 bridgehead atoms. The highest BCUT2D eigenvalue weighted by Crippen LogP contribution is 2.20. The molecule has 0 radical (unpaired) electrons. The van der Waals surface area contributed by atoms with Crippen molar-refractivity contribution < 1.29 is 14.3 Å². The summed E-state index contributed by atoms with van der Waals surface area (Å²) in [4.78, 5) is 28.2. The van der Waals surface area contributed by atoms with Crippen molar-refractivity contribution in [1.29, 1.82) is 0 Å². The van der Waals surface area contributed by atoms with Gasteiger partial charge >= 0.3 is 0 Å². The Morgan fingerprint density at radius 2 is 1.69 bits per heavy atom. The lowest BCUT2D eigenvalue weighted by Crippen LogP contribution is -2.28. The third-order valence-corrected chi connectivity index (χ3v) is 6.01. The summed E-state index contributed by atoms with van der Waals surface area (Å²) in [5, 5.41) is 7.62. The van der Waals surface area contributed by atoms with Gasteiger partial charge in [0, 0.05) is 18.7 Å². The molecule has 0 saturated heterocycles. The highest BCUT2D eigenvalue weighted by atomic mass is 32.1. The van der Waals surface area contributed by atoms with Crippen LogP contribution in [0.5, 0.6) is 5.75 Å². The number of hydrogen-bond donors (Lipinski definition) is 2. The van der Waals surface area contributed by atoms with Gasteiger partial charge in [-0.2, -0.15) is 0 Å². The Kier molecular flexibility index (Phi) is 8.83. The molecule has 168 valence electrons. The van der Waals surface area contributed by atoms with Crippen molar-refractivity contribution in [2.24, 2.45) is 0 Å². The van der Waals surface area contributed by atoms with Crippen LogP contribution < -0.4 is 15.4 Å². The molecule has 1 aromatic heterocycles. The summed E-state index contributed by atoms with van der Waals surface area (Å²) < 4.78 is 5.98. The lowest BCUT2D eigenvalue weighted by molar-refractivity contribution is 0.0951. The molecule has 6 nitrogen and oxygen atoms in total. The van der Waals surface area contributed by atoms with E-state index >= 15 is 0 Å². The van der Waals surface area contributed by atoms with E-state index in [-0.39, 0.29) is 11.8 Å². The third kappa shape index (κ3) is 6.42. The van der Waals surface area contributed by atoms with Crippen LogP contribution in [0.3, 0.4) is 0 Å². The topological polar surface area (TPSA) is 70.7 Å². The molecule has 0 aliphatic rings. The normalized spacial score (nSPS) is 10.7. The average molecular weight is 452 g/mol. The summed E-state index contributed by atoms with van der Waals surface area (Å²) in [6, 6.07) is 18.3. The van der Waals surface area contributed by atoms with E-state index in [2.05, 4.69) is 29.4 Å². The Morgan fingerprint density at radius 3 is 2.44 bits per heavy atom. The second kappa shape index (κ2) is 12.0. The predicted octanol–water partition coefficient (Wildman–Crippen LogP) is 4.65. The number of nitrogens with one attached hydrogen (secondary N) is 2. The van der Waals surface area contributed by atoms with E-state index in [1.807, 2.05) is 35.7 Å². The number of amides is 2. The van der Waals surface area contributed by atoms with Crippen molar-refractivity contribution in [1.82, 2.24) is 10.2 Å². The van der Waals surface area contributed by atoms with Crippen LogP contribution >= 0.6 is 11.3 Å². The smallest absolute Gasteiger partial charge is 0.265 e. The van der Waals surface area contributed by atoms with Crippen LogP contribution in [-0.4, -0.2) is 43.0 Å². The maximum atomic E-state index is 12.9. The Balaban J connectivity index is 1.62. The van der Waals surface area contributed by atoms with Gasteiger partial charge in [-0.15, -0.1) is 11.3 Å². The van der Waals surface area contributed by atoms with Crippen LogP contribution in [0.2, 0.25) is 0 Å². The van der Waals surface area contributed by atoms with E-state index in [1.165, 1.54) is 11.3 Å². The minimum absolute atomic E-state index is 0.229. The van der Waals surface area contributed by atoms with E-state index < -0.39 is 0 Å². The molecule has 1 heterocycles. The van der Waals surface area contributed by atoms with Crippen molar-refractivity contribution in [3.63, 3.8) is 0 Å². The second-order valence-electron chi connectivity index (χ2n) is 7.14. The fraction of sp³-hybridized carbons (Fsp3) is 0.280. The second-order valence-corrected chi connectivity index (χ2v) is 8.09. The van der Waals surface area contributed by atoms with Crippen LogP contribution in [0, 0.1) is 0 Å². The van der Waals surface area contributed by atoms with Crippen molar-refractivity contribution in [3.8, 4) is 5.75 Å². The number of benzene rings is 2. The molecule has 3 rings (SSSR count). The summed E-state index contributed by atoms with van der Waals surface area (Å²) in [5.41, 5.74) is 1.80. The first-order valence-electron chi connectivity index (χ1n) is 10.8. The van der Waals surface area contributed by atoms with Gasteiger partial charge in [0.15, 0.2) is 0 Å². The fourth-order valence-corrected chi connectivity index (χ4v) is 3.89. The Bertz CT molecular complexity index is 1020. The monoisotopic (exact) mass is 451 g/mol. The summed E-state index contributed by atoms with van der Waals surface area (Å²) in [6.45, 7) is 8.00. The highest BCUT2D eigenvalue weighted by molar-refractivity contribution is 7.12. The van der Waals surface area contributed by atoms with Crippen LogP contribution in [-0.2, 0) is 6.54 Å². The van der Waals surface area contributed by atoms with Gasteiger partial charge in [-0.25, -0.2) is 0 Å². The summed E-state index contributed by atoms with van der Waals surface area (Å²) >= 11 is 1.36. The molecule has 0 unspecified atom stereocenters. The Hall–Kier alpha value is -3.16. The average Bonchev–Trinajstić information content (AvgIpc) is 3.36. The van der Waals surface area contributed by atoms with Gasteiger partial charge in [-0.1, -0.05) is 50.2 Å². The number of anilines is 1. The van der Waals surface area contributed by atoms with Gasteiger partial charge in [0.05, 0.1) is 16.1 Å². The van der Waals surface area contributed by atoms with Gasteiger partial charge in [0.2, 0.25) is 0 Å². The molecule has 0 aliphatic carbocycles. The zero-order valence-corrected chi connectivity index (χ0v) is 19.3. The zero-order valence-electron chi connectivity index (χ0n) is 18.5. The molecule has 2 N–H and O–H groups in total. The largest absolute Gasteiger partial charge is 0.492 e. The van der Waals surface area contributed by atoms with Gasteiger partial charge in [0.25, 0.3) is 11.8 Å². The lowest BCUT2D eigenvalue weighted by Gasteiger charge is -2.19. The number of thiophene rings is 1. The molecule has 0 spiro atoms. The number of ether oxygens (including phenoxy) is 1. The number of rotatable bonds is 11. The first-order valence-corrected chi connectivity index (χ1v) is 11.7. The molecule has 3 aromatic rings. The molecule has 0 aliphatic heterocycles. The minimum atomic E-state index is -0.259. The molecule has 2 aromatic carbocycles. The SMILES string of the molecule is CCN(CC)CCOc1ccccc1CNC(=O)c1ccccc1NC(=O)c1cccs1. The fourth-order valence-electron chi connectivity index (χ4n) is 3.27. The molecular formula is C25H29N3O3S. The standard InChI is InChI=1S/C25H29N3O3S/c1-3-28(4-2)15-16-31-22-13-8-5-10-19(22)18-26-24(29)20-11-6-7-12-21(20)27-25(30)23-14-9-17-32-23/h5-14,17H,3-4,15-16,18H2,1-2H3,(H,26,29)(H,27,30). The van der Waals surface area contributed by atoms with Crippen LogP contribution in [0.1, 0.15) is 39.4 Å². The third-order valence-electron chi connectivity index (χ3n) is 5.14. The van der Waals surface area contributed by atoms with Gasteiger partial charge in [0.1, 0.15) is 12.4 Å². The van der Waals surface area contributed by atoms with Crippen LogP contribution in [0.25, 0.3) is 0 Å². The van der Waals surface area contributed by atoms with Crippen molar-refractivity contribution >= 4 is 28.8 Å². The highest BCUT2D eigenvalue weighted by Gasteiger charge is 2.15. The first-order chi connectivity index (χ1) is 15.6. The summed E-state index contributed by atoms with van der Waals surface area (Å²) in [5.74, 6) is 0.275. The molecule has 7 heteroatoms. The van der Waals surface area contributed by atoms with Crippen LogP contribution in [0.15, 0.2) is 66.0 Å². The van der Waals surface area contributed by atoms with Gasteiger partial charge in [-0.3, -0.25) is 9.59 Å². The maximum Gasteiger partial charge on any atom is 0.265 e. The quantitative estimate of drug-likeness (QED) is 0.445. The molecule has 32 heavy (non-hydrogen) atoms. The molecule has 2 amide bonds. The van der Waals surface area contributed by atoms with Crippen LogP contribution in [0.4, 0.5) is 5.69 Å². The number of carbonyl (C=O) groups is 2. The van der Waals surface area contributed by atoms with E-state index in [0.717, 1.165) is 30.9 Å². The Morgan fingerprint density at radius 1 is 0.938 bits per heavy atom. The summed E-state index contributed by atoms with van der Waals surface area (Å²) in [6.07, 6.45) is 0. The van der Waals surface area contributed by atoms with E-state index in [9.17, 15) is 9.59 Å².